The van der Waals surface area contributed by atoms with Crippen LogP contribution in [0.3, 0.4) is 0 Å². The molecule has 1 aromatic heterocycles. The number of carbonyl (C=O) groups excluding carboxylic acids is 2. The molecule has 28 heavy (non-hydrogen) atoms. The Bertz CT molecular complexity index is 813. The molecule has 2 heterocycles. The molecular formula is C20H28N6O2. The topological polar surface area (TPSA) is 101 Å². The zero-order valence-electron chi connectivity index (χ0n) is 16.4. The first-order valence-electron chi connectivity index (χ1n) is 9.87. The summed E-state index contributed by atoms with van der Waals surface area (Å²) in [5, 5.41) is 17.2. The molecule has 8 heteroatoms. The summed E-state index contributed by atoms with van der Waals surface area (Å²) < 4.78 is 1.79. The molecule has 3 rings (SSSR count). The van der Waals surface area contributed by atoms with Gasteiger partial charge in [0.1, 0.15) is 0 Å². The third kappa shape index (κ3) is 5.16. The van der Waals surface area contributed by atoms with Gasteiger partial charge in [-0.3, -0.25) is 9.59 Å². The maximum Gasteiger partial charge on any atom is 0.273 e. The van der Waals surface area contributed by atoms with E-state index < -0.39 is 0 Å². The number of piperidine rings is 1. The van der Waals surface area contributed by atoms with Crippen molar-refractivity contribution in [2.45, 2.75) is 51.7 Å². The number of nitrogens with zero attached hydrogens (tertiary/aromatic N) is 3. The Morgan fingerprint density at radius 2 is 2.07 bits per heavy atom. The van der Waals surface area contributed by atoms with Crippen molar-refractivity contribution in [1.82, 2.24) is 30.9 Å². The summed E-state index contributed by atoms with van der Waals surface area (Å²) in [5.41, 5.74) is 1.75. The number of aromatic nitrogens is 3. The molecule has 1 aromatic carbocycles. The van der Waals surface area contributed by atoms with E-state index >= 15 is 0 Å². The molecule has 1 unspecified atom stereocenters. The van der Waals surface area contributed by atoms with Crippen LogP contribution in [0.2, 0.25) is 0 Å². The Hall–Kier alpha value is -2.74. The van der Waals surface area contributed by atoms with Gasteiger partial charge in [-0.05, 0) is 57.0 Å². The van der Waals surface area contributed by atoms with Gasteiger partial charge in [-0.25, -0.2) is 4.68 Å². The number of benzene rings is 1. The maximum atomic E-state index is 12.4. The van der Waals surface area contributed by atoms with Crippen LogP contribution < -0.4 is 16.0 Å². The largest absolute Gasteiger partial charge is 0.350 e. The smallest absolute Gasteiger partial charge is 0.273 e. The molecule has 0 saturated carbocycles. The summed E-state index contributed by atoms with van der Waals surface area (Å²) in [6.45, 7) is 6.22. The molecule has 2 aromatic rings. The Kier molecular flexibility index (Phi) is 6.76. The van der Waals surface area contributed by atoms with Gasteiger partial charge in [0.25, 0.3) is 11.8 Å². The molecule has 150 valence electrons. The van der Waals surface area contributed by atoms with Gasteiger partial charge in [0.05, 0.1) is 12.2 Å². The van der Waals surface area contributed by atoms with E-state index in [-0.39, 0.29) is 23.9 Å². The van der Waals surface area contributed by atoms with Gasteiger partial charge in [-0.2, -0.15) is 0 Å². The van der Waals surface area contributed by atoms with Gasteiger partial charge < -0.3 is 16.0 Å². The molecule has 1 fully saturated rings. The number of amides is 2. The molecule has 1 atom stereocenters. The predicted molar refractivity (Wildman–Crippen MR) is 106 cm³/mol. The standard InChI is InChI=1S/C20H28N6O2/c1-3-14(2)23-19(27)16-6-4-5-15(11-16)12-22-20(28)18-13-26(25-24-18)17-7-9-21-10-8-17/h4-6,11,13-14,17,21H,3,7-10,12H2,1-2H3,(H,22,28)(H,23,27). The Morgan fingerprint density at radius 1 is 1.29 bits per heavy atom. The van der Waals surface area contributed by atoms with Gasteiger partial charge >= 0.3 is 0 Å². The van der Waals surface area contributed by atoms with Gasteiger partial charge in [0.2, 0.25) is 0 Å². The van der Waals surface area contributed by atoms with Crippen LogP contribution in [0.5, 0.6) is 0 Å². The van der Waals surface area contributed by atoms with Crippen LogP contribution in [0.1, 0.15) is 65.6 Å². The summed E-state index contributed by atoms with van der Waals surface area (Å²) in [5.74, 6) is -0.373. The van der Waals surface area contributed by atoms with Crippen molar-refractivity contribution in [1.29, 1.82) is 0 Å². The molecule has 0 radical (unpaired) electrons. The van der Waals surface area contributed by atoms with Crippen LogP contribution in [-0.4, -0.2) is 45.9 Å². The van der Waals surface area contributed by atoms with Gasteiger partial charge in [0, 0.05) is 18.2 Å². The molecule has 0 bridgehead atoms. The lowest BCUT2D eigenvalue weighted by molar-refractivity contribution is 0.0935. The van der Waals surface area contributed by atoms with Crippen LogP contribution >= 0.6 is 0 Å². The van der Waals surface area contributed by atoms with Crippen molar-refractivity contribution in [3.8, 4) is 0 Å². The number of hydrogen-bond donors (Lipinski definition) is 3. The van der Waals surface area contributed by atoms with Gasteiger partial charge in [0.15, 0.2) is 5.69 Å². The quantitative estimate of drug-likeness (QED) is 0.674. The third-order valence-corrected chi connectivity index (χ3v) is 5.06. The molecule has 3 N–H and O–H groups in total. The van der Waals surface area contributed by atoms with Crippen LogP contribution in [0.25, 0.3) is 0 Å². The van der Waals surface area contributed by atoms with Crippen molar-refractivity contribution in [3.05, 3.63) is 47.3 Å². The minimum Gasteiger partial charge on any atom is -0.350 e. The molecule has 1 saturated heterocycles. The first kappa shape index (κ1) is 20.0. The molecule has 0 spiro atoms. The lowest BCUT2D eigenvalue weighted by Gasteiger charge is -2.22. The second-order valence-electron chi connectivity index (χ2n) is 7.23. The van der Waals surface area contributed by atoms with E-state index in [9.17, 15) is 9.59 Å². The van der Waals surface area contributed by atoms with E-state index in [4.69, 9.17) is 0 Å². The normalized spacial score (nSPS) is 15.8. The summed E-state index contributed by atoms with van der Waals surface area (Å²) in [7, 11) is 0. The Balaban J connectivity index is 1.56. The predicted octanol–water partition coefficient (Wildman–Crippen LogP) is 1.66. The van der Waals surface area contributed by atoms with E-state index in [0.717, 1.165) is 37.9 Å². The summed E-state index contributed by atoms with van der Waals surface area (Å²) in [6, 6.07) is 7.68. The number of rotatable bonds is 7. The average Bonchev–Trinajstić information content (AvgIpc) is 3.23. The fraction of sp³-hybridized carbons (Fsp3) is 0.500. The van der Waals surface area contributed by atoms with E-state index in [0.29, 0.717) is 17.8 Å². The summed E-state index contributed by atoms with van der Waals surface area (Å²) >= 11 is 0. The van der Waals surface area contributed by atoms with Crippen LogP contribution in [0.15, 0.2) is 30.5 Å². The maximum absolute atomic E-state index is 12.4. The first-order valence-corrected chi connectivity index (χ1v) is 9.87. The molecule has 8 nitrogen and oxygen atoms in total. The van der Waals surface area contributed by atoms with Crippen LogP contribution in [-0.2, 0) is 6.54 Å². The summed E-state index contributed by atoms with van der Waals surface area (Å²) in [4.78, 5) is 24.7. The fourth-order valence-electron chi connectivity index (χ4n) is 3.14. The highest BCUT2D eigenvalue weighted by Crippen LogP contribution is 2.17. The minimum absolute atomic E-state index is 0.104. The zero-order valence-corrected chi connectivity index (χ0v) is 16.4. The van der Waals surface area contributed by atoms with Crippen molar-refractivity contribution in [2.75, 3.05) is 13.1 Å². The second-order valence-corrected chi connectivity index (χ2v) is 7.23. The molecule has 1 aliphatic heterocycles. The van der Waals surface area contributed by atoms with Crippen molar-refractivity contribution >= 4 is 11.8 Å². The highest BCUT2D eigenvalue weighted by Gasteiger charge is 2.18. The van der Waals surface area contributed by atoms with Gasteiger partial charge in [-0.15, -0.1) is 5.10 Å². The van der Waals surface area contributed by atoms with Crippen LogP contribution in [0, 0.1) is 0 Å². The highest BCUT2D eigenvalue weighted by atomic mass is 16.2. The first-order chi connectivity index (χ1) is 13.6. The SMILES string of the molecule is CCC(C)NC(=O)c1cccc(CNC(=O)c2cn(C3CCNCC3)nn2)c1. The molecule has 0 aliphatic carbocycles. The number of carbonyl (C=O) groups is 2. The molecule has 1 aliphatic rings. The highest BCUT2D eigenvalue weighted by molar-refractivity contribution is 5.94. The Morgan fingerprint density at radius 3 is 2.82 bits per heavy atom. The zero-order chi connectivity index (χ0) is 19.9. The second kappa shape index (κ2) is 9.45. The monoisotopic (exact) mass is 384 g/mol. The van der Waals surface area contributed by atoms with Crippen LogP contribution in [0.4, 0.5) is 0 Å². The van der Waals surface area contributed by atoms with Crippen molar-refractivity contribution in [2.24, 2.45) is 0 Å². The molecule has 2 amide bonds. The van der Waals surface area contributed by atoms with Crippen molar-refractivity contribution in [3.63, 3.8) is 0 Å². The Labute approximate surface area is 165 Å². The lowest BCUT2D eigenvalue weighted by atomic mass is 10.1. The fourth-order valence-corrected chi connectivity index (χ4v) is 3.14. The average molecular weight is 384 g/mol. The third-order valence-electron chi connectivity index (χ3n) is 5.06. The van der Waals surface area contributed by atoms with Crippen molar-refractivity contribution < 1.29 is 9.59 Å². The minimum atomic E-state index is -0.269. The number of hydrogen-bond acceptors (Lipinski definition) is 5. The summed E-state index contributed by atoms with van der Waals surface area (Å²) in [6.07, 6.45) is 4.55. The lowest BCUT2D eigenvalue weighted by Crippen LogP contribution is -2.32. The van der Waals surface area contributed by atoms with E-state index in [1.807, 2.05) is 26.0 Å². The van der Waals surface area contributed by atoms with E-state index in [1.54, 1.807) is 23.0 Å². The van der Waals surface area contributed by atoms with Gasteiger partial charge in [-0.1, -0.05) is 24.3 Å². The van der Waals surface area contributed by atoms with E-state index in [2.05, 4.69) is 26.3 Å². The molecular weight excluding hydrogens is 356 g/mol. The van der Waals surface area contributed by atoms with E-state index in [1.165, 1.54) is 0 Å². The number of nitrogens with one attached hydrogen (secondary N) is 3.